The van der Waals surface area contributed by atoms with Gasteiger partial charge in [0.1, 0.15) is 0 Å². The molecule has 0 aromatic carbocycles. The van der Waals surface area contributed by atoms with E-state index in [4.69, 9.17) is 11.5 Å². The van der Waals surface area contributed by atoms with Gasteiger partial charge >= 0.3 is 0 Å². The molecule has 0 bridgehead atoms. The lowest BCUT2D eigenvalue weighted by Crippen LogP contribution is -2.63. The zero-order valence-corrected chi connectivity index (χ0v) is 6.98. The van der Waals surface area contributed by atoms with Gasteiger partial charge in [0.2, 0.25) is 0 Å². The first-order chi connectivity index (χ1) is 4.46. The van der Waals surface area contributed by atoms with Crippen molar-refractivity contribution < 1.29 is 0 Å². The van der Waals surface area contributed by atoms with Crippen molar-refractivity contribution in [2.45, 2.75) is 50.6 Å². The van der Waals surface area contributed by atoms with Crippen LogP contribution in [0.25, 0.3) is 0 Å². The molecule has 4 N–H and O–H groups in total. The first-order valence-corrected chi connectivity index (χ1v) is 4.03. The van der Waals surface area contributed by atoms with E-state index in [0.29, 0.717) is 0 Å². The third-order valence-electron chi connectivity index (χ3n) is 2.95. The predicted octanol–water partition coefficient (Wildman–Crippen LogP) is 0.995. The zero-order chi connectivity index (χ0) is 7.83. The molecule has 2 nitrogen and oxygen atoms in total. The lowest BCUT2D eigenvalue weighted by Gasteiger charge is -2.45. The van der Waals surface area contributed by atoms with Gasteiger partial charge in [-0.15, -0.1) is 0 Å². The molecule has 0 heterocycles. The van der Waals surface area contributed by atoms with E-state index in [2.05, 4.69) is 13.8 Å². The summed E-state index contributed by atoms with van der Waals surface area (Å²) in [4.78, 5) is 0. The van der Waals surface area contributed by atoms with Crippen molar-refractivity contribution in [3.05, 3.63) is 0 Å². The summed E-state index contributed by atoms with van der Waals surface area (Å²) in [5.74, 6) is 0. The predicted molar refractivity (Wildman–Crippen MR) is 43.7 cm³/mol. The Morgan fingerprint density at radius 2 is 1.20 bits per heavy atom. The molecule has 60 valence electrons. The maximum Gasteiger partial charge on any atom is 0.0305 e. The van der Waals surface area contributed by atoms with Crippen molar-refractivity contribution in [2.75, 3.05) is 0 Å². The van der Waals surface area contributed by atoms with Crippen molar-refractivity contribution in [3.63, 3.8) is 0 Å². The number of hydrogen-bond acceptors (Lipinski definition) is 2. The summed E-state index contributed by atoms with van der Waals surface area (Å²) in [6.07, 6.45) is 4.61. The topological polar surface area (TPSA) is 52.0 Å². The van der Waals surface area contributed by atoms with Crippen LogP contribution in [0.3, 0.4) is 0 Å². The summed E-state index contributed by atoms with van der Waals surface area (Å²) < 4.78 is 0. The Labute approximate surface area is 63.0 Å². The Balaban J connectivity index is 2.70. The summed E-state index contributed by atoms with van der Waals surface area (Å²) in [6.45, 7) is 4.12. The molecular formula is C8H18N2. The fourth-order valence-electron chi connectivity index (χ4n) is 1.56. The van der Waals surface area contributed by atoms with Crippen molar-refractivity contribution >= 4 is 0 Å². The summed E-state index contributed by atoms with van der Waals surface area (Å²) in [6, 6.07) is 0. The Morgan fingerprint density at radius 3 is 1.40 bits per heavy atom. The van der Waals surface area contributed by atoms with Crippen molar-refractivity contribution in [1.29, 1.82) is 0 Å². The fourth-order valence-corrected chi connectivity index (χ4v) is 1.56. The van der Waals surface area contributed by atoms with Gasteiger partial charge in [-0.1, -0.05) is 12.8 Å². The van der Waals surface area contributed by atoms with E-state index >= 15 is 0 Å². The van der Waals surface area contributed by atoms with Gasteiger partial charge in [0, 0.05) is 11.1 Å². The summed E-state index contributed by atoms with van der Waals surface area (Å²) in [7, 11) is 0. The van der Waals surface area contributed by atoms with Crippen LogP contribution in [0.5, 0.6) is 0 Å². The van der Waals surface area contributed by atoms with Crippen LogP contribution in [0.1, 0.15) is 39.5 Å². The second-order valence-electron chi connectivity index (χ2n) is 4.04. The monoisotopic (exact) mass is 142 g/mol. The standard InChI is InChI=1S/C8H18N2/c1-7(9)5-3-4-6-8(7,2)10/h3-6,9-10H2,1-2H3/t7-,8-/m0/s1. The lowest BCUT2D eigenvalue weighted by atomic mass is 9.70. The minimum Gasteiger partial charge on any atom is -0.324 e. The average molecular weight is 142 g/mol. The lowest BCUT2D eigenvalue weighted by molar-refractivity contribution is 0.182. The van der Waals surface area contributed by atoms with Gasteiger partial charge < -0.3 is 11.5 Å². The SMILES string of the molecule is C[C@]1(N)CCCC[C@]1(C)N. The maximum absolute atomic E-state index is 6.03. The molecule has 2 heteroatoms. The molecule has 0 saturated heterocycles. The number of rotatable bonds is 0. The molecule has 0 aliphatic heterocycles. The van der Waals surface area contributed by atoms with E-state index in [1.807, 2.05) is 0 Å². The van der Waals surface area contributed by atoms with Crippen LogP contribution in [0.15, 0.2) is 0 Å². The molecule has 0 unspecified atom stereocenters. The van der Waals surface area contributed by atoms with Crippen molar-refractivity contribution in [2.24, 2.45) is 11.5 Å². The molecule has 0 aromatic heterocycles. The number of hydrogen-bond donors (Lipinski definition) is 2. The van der Waals surface area contributed by atoms with Crippen LogP contribution in [-0.4, -0.2) is 11.1 Å². The van der Waals surface area contributed by atoms with Gasteiger partial charge in [0.15, 0.2) is 0 Å². The van der Waals surface area contributed by atoms with Gasteiger partial charge in [0.05, 0.1) is 0 Å². The average Bonchev–Trinajstić information content (AvgIpc) is 1.77. The molecule has 2 atom stereocenters. The Bertz CT molecular complexity index is 111. The van der Waals surface area contributed by atoms with Crippen LogP contribution in [0.4, 0.5) is 0 Å². The Hall–Kier alpha value is -0.0800. The second-order valence-corrected chi connectivity index (χ2v) is 4.04. The smallest absolute Gasteiger partial charge is 0.0305 e. The Morgan fingerprint density at radius 1 is 0.900 bits per heavy atom. The minimum atomic E-state index is -0.148. The quantitative estimate of drug-likeness (QED) is 0.530. The molecule has 1 saturated carbocycles. The van der Waals surface area contributed by atoms with E-state index in [0.717, 1.165) is 12.8 Å². The molecule has 0 spiro atoms. The van der Waals surface area contributed by atoms with Gasteiger partial charge in [0.25, 0.3) is 0 Å². The van der Waals surface area contributed by atoms with Crippen molar-refractivity contribution in [3.8, 4) is 0 Å². The van der Waals surface area contributed by atoms with Gasteiger partial charge in [-0.25, -0.2) is 0 Å². The van der Waals surface area contributed by atoms with Crippen molar-refractivity contribution in [1.82, 2.24) is 0 Å². The molecule has 1 rings (SSSR count). The van der Waals surface area contributed by atoms with Crippen LogP contribution in [-0.2, 0) is 0 Å². The number of nitrogens with two attached hydrogens (primary N) is 2. The highest BCUT2D eigenvalue weighted by Crippen LogP contribution is 2.32. The summed E-state index contributed by atoms with van der Waals surface area (Å²) in [5, 5.41) is 0. The Kier molecular flexibility index (Phi) is 1.77. The van der Waals surface area contributed by atoms with Crippen LogP contribution in [0, 0.1) is 0 Å². The third kappa shape index (κ3) is 1.18. The van der Waals surface area contributed by atoms with Gasteiger partial charge in [-0.2, -0.15) is 0 Å². The minimum absolute atomic E-state index is 0.148. The van der Waals surface area contributed by atoms with E-state index in [-0.39, 0.29) is 11.1 Å². The first-order valence-electron chi connectivity index (χ1n) is 4.03. The molecule has 1 fully saturated rings. The van der Waals surface area contributed by atoms with E-state index in [1.54, 1.807) is 0 Å². The highest BCUT2D eigenvalue weighted by Gasteiger charge is 2.39. The second kappa shape index (κ2) is 2.21. The normalized spacial score (nSPS) is 49.2. The maximum atomic E-state index is 6.03. The van der Waals surface area contributed by atoms with Crippen LogP contribution < -0.4 is 11.5 Å². The van der Waals surface area contributed by atoms with Crippen LogP contribution >= 0.6 is 0 Å². The molecule has 0 amide bonds. The highest BCUT2D eigenvalue weighted by molar-refractivity contribution is 5.03. The molecule has 10 heavy (non-hydrogen) atoms. The highest BCUT2D eigenvalue weighted by atomic mass is 14.9. The van der Waals surface area contributed by atoms with Crippen LogP contribution in [0.2, 0.25) is 0 Å². The zero-order valence-electron chi connectivity index (χ0n) is 6.98. The van der Waals surface area contributed by atoms with E-state index < -0.39 is 0 Å². The van der Waals surface area contributed by atoms with E-state index in [9.17, 15) is 0 Å². The van der Waals surface area contributed by atoms with Gasteiger partial charge in [-0.05, 0) is 26.7 Å². The first kappa shape index (κ1) is 8.02. The molecule has 0 aromatic rings. The largest absolute Gasteiger partial charge is 0.324 e. The van der Waals surface area contributed by atoms with E-state index in [1.165, 1.54) is 12.8 Å². The molecule has 1 aliphatic rings. The summed E-state index contributed by atoms with van der Waals surface area (Å²) >= 11 is 0. The third-order valence-corrected chi connectivity index (χ3v) is 2.95. The van der Waals surface area contributed by atoms with Gasteiger partial charge in [-0.3, -0.25) is 0 Å². The fraction of sp³-hybridized carbons (Fsp3) is 1.00. The summed E-state index contributed by atoms with van der Waals surface area (Å²) in [5.41, 5.74) is 11.8. The molecule has 1 aliphatic carbocycles. The molecule has 0 radical (unpaired) electrons. The molecular weight excluding hydrogens is 124 g/mol.